The van der Waals surface area contributed by atoms with Crippen LogP contribution in [-0.2, 0) is 14.8 Å². The zero-order valence-electron chi connectivity index (χ0n) is 12.5. The number of aromatic hydroxyl groups is 1. The van der Waals surface area contributed by atoms with Crippen LogP contribution in [-0.4, -0.2) is 36.6 Å². The Bertz CT molecular complexity index is 1030. The molecule has 0 amide bonds. The Morgan fingerprint density at radius 3 is 2.83 bits per heavy atom. The highest BCUT2D eigenvalue weighted by atomic mass is 32.2. The van der Waals surface area contributed by atoms with Crippen molar-refractivity contribution in [2.75, 3.05) is 11.8 Å². The van der Waals surface area contributed by atoms with Gasteiger partial charge in [-0.25, -0.2) is 18.2 Å². The number of methoxy groups -OCH3 is 1. The Hall–Kier alpha value is -3.07. The second kappa shape index (κ2) is 5.85. The quantitative estimate of drug-likeness (QED) is 0.489. The van der Waals surface area contributed by atoms with Crippen LogP contribution in [0, 0.1) is 0 Å². The molecule has 0 bridgehead atoms. The molecular formula is C15H13N3O5S. The fourth-order valence-electron chi connectivity index (χ4n) is 2.25. The van der Waals surface area contributed by atoms with Gasteiger partial charge in [-0.2, -0.15) is 0 Å². The van der Waals surface area contributed by atoms with Gasteiger partial charge < -0.3 is 14.8 Å². The topological polar surface area (TPSA) is 121 Å². The number of phenolic OH excluding ortho intramolecular Hbond substituents is 1. The van der Waals surface area contributed by atoms with Crippen molar-refractivity contribution >= 4 is 32.7 Å². The molecule has 0 spiro atoms. The summed E-state index contributed by atoms with van der Waals surface area (Å²) >= 11 is 0. The summed E-state index contributed by atoms with van der Waals surface area (Å²) in [5, 5.41) is 10.5. The number of benzene rings is 1. The number of carbonyl (C=O) groups is 1. The van der Waals surface area contributed by atoms with Crippen molar-refractivity contribution in [3.63, 3.8) is 0 Å². The molecule has 2 aromatic heterocycles. The molecule has 0 aliphatic rings. The van der Waals surface area contributed by atoms with Crippen molar-refractivity contribution in [2.45, 2.75) is 4.90 Å². The summed E-state index contributed by atoms with van der Waals surface area (Å²) < 4.78 is 32.0. The molecule has 24 heavy (non-hydrogen) atoms. The molecule has 2 heterocycles. The first-order valence-corrected chi connectivity index (χ1v) is 8.27. The number of para-hydroxylation sites is 1. The van der Waals surface area contributed by atoms with Gasteiger partial charge in [-0.1, -0.05) is 6.07 Å². The number of fused-ring (bicyclic) bond motifs is 1. The number of rotatable bonds is 4. The fraction of sp³-hybridized carbons (Fsp3) is 0.0667. The van der Waals surface area contributed by atoms with Gasteiger partial charge in [-0.05, 0) is 24.3 Å². The van der Waals surface area contributed by atoms with Crippen molar-refractivity contribution in [3.8, 4) is 5.75 Å². The number of aromatic nitrogens is 2. The number of esters is 1. The van der Waals surface area contributed by atoms with Gasteiger partial charge in [0.25, 0.3) is 10.0 Å². The molecule has 0 atom stereocenters. The number of H-pyrrole nitrogens is 1. The lowest BCUT2D eigenvalue weighted by atomic mass is 10.2. The van der Waals surface area contributed by atoms with E-state index in [4.69, 9.17) is 0 Å². The molecule has 0 aliphatic carbocycles. The molecule has 3 aromatic rings. The largest absolute Gasteiger partial charge is 0.505 e. The lowest BCUT2D eigenvalue weighted by Gasteiger charge is -2.11. The van der Waals surface area contributed by atoms with E-state index in [0.717, 1.165) is 7.11 Å². The third kappa shape index (κ3) is 2.65. The maximum absolute atomic E-state index is 12.6. The van der Waals surface area contributed by atoms with Crippen LogP contribution in [0.1, 0.15) is 10.4 Å². The van der Waals surface area contributed by atoms with Crippen LogP contribution in [0.3, 0.4) is 0 Å². The third-order valence-corrected chi connectivity index (χ3v) is 4.79. The molecule has 8 nitrogen and oxygen atoms in total. The van der Waals surface area contributed by atoms with Gasteiger partial charge in [0.2, 0.25) is 0 Å². The molecule has 0 radical (unpaired) electrons. The van der Waals surface area contributed by atoms with Crippen LogP contribution in [0.4, 0.5) is 5.69 Å². The standard InChI is InChI=1S/C15H13N3O5S/c1-23-15(20)10-4-2-6-11(13(10)19)18-24(21,22)12-8-17-14-9(12)5-3-7-16-14/h2-8,18-19H,1H3,(H,16,17). The molecule has 0 aliphatic heterocycles. The minimum atomic E-state index is -4.00. The van der Waals surface area contributed by atoms with E-state index in [1.54, 1.807) is 12.1 Å². The van der Waals surface area contributed by atoms with Gasteiger partial charge >= 0.3 is 5.97 Å². The van der Waals surface area contributed by atoms with Gasteiger partial charge in [0, 0.05) is 17.8 Å². The van der Waals surface area contributed by atoms with E-state index in [1.807, 2.05) is 0 Å². The number of sulfonamides is 1. The highest BCUT2D eigenvalue weighted by Crippen LogP contribution is 2.31. The predicted molar refractivity (Wildman–Crippen MR) is 86.3 cm³/mol. The predicted octanol–water partition coefficient (Wildman–Crippen LogP) is 1.86. The Morgan fingerprint density at radius 2 is 2.08 bits per heavy atom. The first kappa shape index (κ1) is 15.8. The second-order valence-corrected chi connectivity index (χ2v) is 6.50. The maximum Gasteiger partial charge on any atom is 0.341 e. The summed E-state index contributed by atoms with van der Waals surface area (Å²) in [6.07, 6.45) is 2.84. The molecule has 3 rings (SSSR count). The van der Waals surface area contributed by atoms with Crippen LogP contribution in [0.15, 0.2) is 47.6 Å². The molecule has 0 saturated carbocycles. The van der Waals surface area contributed by atoms with E-state index in [9.17, 15) is 18.3 Å². The number of carbonyl (C=O) groups excluding carboxylic acids is 1. The minimum Gasteiger partial charge on any atom is -0.505 e. The van der Waals surface area contributed by atoms with Crippen LogP contribution in [0.2, 0.25) is 0 Å². The normalized spacial score (nSPS) is 11.4. The zero-order chi connectivity index (χ0) is 17.3. The molecule has 0 fully saturated rings. The average molecular weight is 347 g/mol. The van der Waals surface area contributed by atoms with E-state index in [-0.39, 0.29) is 16.1 Å². The van der Waals surface area contributed by atoms with Gasteiger partial charge in [0.15, 0.2) is 5.75 Å². The highest BCUT2D eigenvalue weighted by molar-refractivity contribution is 7.93. The van der Waals surface area contributed by atoms with Crippen molar-refractivity contribution < 1.29 is 23.1 Å². The number of hydrogen-bond donors (Lipinski definition) is 3. The smallest absolute Gasteiger partial charge is 0.341 e. The second-order valence-electron chi connectivity index (χ2n) is 4.85. The maximum atomic E-state index is 12.6. The molecule has 0 unspecified atom stereocenters. The van der Waals surface area contributed by atoms with Crippen molar-refractivity contribution in [2.24, 2.45) is 0 Å². The molecular weight excluding hydrogens is 334 g/mol. The Kier molecular flexibility index (Phi) is 3.86. The van der Waals surface area contributed by atoms with Gasteiger partial charge in [0.05, 0.1) is 12.8 Å². The number of pyridine rings is 1. The first-order chi connectivity index (χ1) is 11.4. The van der Waals surface area contributed by atoms with E-state index in [1.165, 1.54) is 30.6 Å². The number of nitrogens with one attached hydrogen (secondary N) is 2. The molecule has 1 aromatic carbocycles. The minimum absolute atomic E-state index is 0.0199. The number of phenols is 1. The van der Waals surface area contributed by atoms with E-state index < -0.39 is 21.7 Å². The van der Waals surface area contributed by atoms with E-state index >= 15 is 0 Å². The Balaban J connectivity index is 2.03. The summed E-state index contributed by atoms with van der Waals surface area (Å²) in [6, 6.07) is 7.32. The first-order valence-electron chi connectivity index (χ1n) is 6.79. The molecule has 3 N–H and O–H groups in total. The number of hydrogen-bond acceptors (Lipinski definition) is 6. The Morgan fingerprint density at radius 1 is 1.29 bits per heavy atom. The number of nitrogens with zero attached hydrogens (tertiary/aromatic N) is 1. The number of anilines is 1. The molecule has 9 heteroatoms. The highest BCUT2D eigenvalue weighted by Gasteiger charge is 2.22. The summed E-state index contributed by atoms with van der Waals surface area (Å²) in [4.78, 5) is 18.4. The molecule has 124 valence electrons. The fourth-order valence-corrected chi connectivity index (χ4v) is 3.49. The Labute approximate surface area is 137 Å². The van der Waals surface area contributed by atoms with Gasteiger partial charge in [0.1, 0.15) is 16.1 Å². The van der Waals surface area contributed by atoms with Crippen LogP contribution < -0.4 is 4.72 Å². The third-order valence-electron chi connectivity index (χ3n) is 3.39. The van der Waals surface area contributed by atoms with Crippen molar-refractivity contribution in [1.29, 1.82) is 0 Å². The van der Waals surface area contributed by atoms with E-state index in [0.29, 0.717) is 11.0 Å². The summed E-state index contributed by atoms with van der Waals surface area (Å²) in [5.41, 5.74) is 0.153. The zero-order valence-corrected chi connectivity index (χ0v) is 13.3. The van der Waals surface area contributed by atoms with Crippen LogP contribution >= 0.6 is 0 Å². The monoisotopic (exact) mass is 347 g/mol. The lowest BCUT2D eigenvalue weighted by Crippen LogP contribution is -2.13. The van der Waals surface area contributed by atoms with Crippen molar-refractivity contribution in [3.05, 3.63) is 48.3 Å². The summed E-state index contributed by atoms with van der Waals surface area (Å²) in [5.74, 6) is -1.28. The van der Waals surface area contributed by atoms with Crippen molar-refractivity contribution in [1.82, 2.24) is 9.97 Å². The van der Waals surface area contributed by atoms with Gasteiger partial charge in [-0.3, -0.25) is 4.72 Å². The van der Waals surface area contributed by atoms with Crippen LogP contribution in [0.25, 0.3) is 11.0 Å². The average Bonchev–Trinajstić information content (AvgIpc) is 3.01. The lowest BCUT2D eigenvalue weighted by molar-refractivity contribution is 0.0597. The number of ether oxygens (including phenoxy) is 1. The SMILES string of the molecule is COC(=O)c1cccc(NS(=O)(=O)c2c[nH]c3ncccc23)c1O. The number of aromatic amines is 1. The molecule has 0 saturated heterocycles. The summed E-state index contributed by atoms with van der Waals surface area (Å²) in [6.45, 7) is 0. The van der Waals surface area contributed by atoms with E-state index in [2.05, 4.69) is 19.4 Å². The van der Waals surface area contributed by atoms with Crippen LogP contribution in [0.5, 0.6) is 5.75 Å². The summed E-state index contributed by atoms with van der Waals surface area (Å²) in [7, 11) is -2.84. The van der Waals surface area contributed by atoms with Gasteiger partial charge in [-0.15, -0.1) is 0 Å².